The van der Waals surface area contributed by atoms with Gasteiger partial charge in [0, 0.05) is 19.6 Å². The van der Waals surface area contributed by atoms with Crippen molar-refractivity contribution in [1.82, 2.24) is 4.90 Å². The van der Waals surface area contributed by atoms with Gasteiger partial charge in [0.1, 0.15) is 0 Å². The summed E-state index contributed by atoms with van der Waals surface area (Å²) in [4.78, 5) is 13.1. The Kier molecular flexibility index (Phi) is 2.97. The van der Waals surface area contributed by atoms with Gasteiger partial charge >= 0.3 is 5.97 Å². The average Bonchev–Trinajstić information content (AvgIpc) is 2.76. The first-order valence-electron chi connectivity index (χ1n) is 5.56. The molecule has 2 rings (SSSR count). The maximum atomic E-state index is 10.8. The van der Waals surface area contributed by atoms with Gasteiger partial charge in [0.05, 0.1) is 5.92 Å². The molecule has 2 unspecified atom stereocenters. The molecule has 0 aromatic heterocycles. The van der Waals surface area contributed by atoms with Crippen LogP contribution < -0.4 is 0 Å². The summed E-state index contributed by atoms with van der Waals surface area (Å²) >= 11 is 0. The molecular formula is C13H17NO2. The highest BCUT2D eigenvalue weighted by molar-refractivity contribution is 5.74. The van der Waals surface area contributed by atoms with Crippen LogP contribution in [-0.2, 0) is 4.79 Å². The van der Waals surface area contributed by atoms with Gasteiger partial charge in [-0.1, -0.05) is 31.4 Å². The second kappa shape index (κ2) is 4.26. The van der Waals surface area contributed by atoms with Crippen LogP contribution in [-0.4, -0.2) is 35.6 Å². The van der Waals surface area contributed by atoms with E-state index in [1.807, 2.05) is 12.2 Å². The first-order chi connectivity index (χ1) is 7.67. The van der Waals surface area contributed by atoms with E-state index in [2.05, 4.69) is 18.1 Å². The monoisotopic (exact) mass is 219 g/mol. The molecule has 3 heteroatoms. The van der Waals surface area contributed by atoms with Gasteiger partial charge < -0.3 is 5.11 Å². The van der Waals surface area contributed by atoms with E-state index in [1.165, 1.54) is 0 Å². The van der Waals surface area contributed by atoms with Gasteiger partial charge in [0.25, 0.3) is 0 Å². The summed E-state index contributed by atoms with van der Waals surface area (Å²) < 4.78 is 0. The number of nitrogens with zero attached hydrogens (tertiary/aromatic N) is 1. The number of carboxylic acids is 1. The highest BCUT2D eigenvalue weighted by atomic mass is 16.4. The van der Waals surface area contributed by atoms with Crippen molar-refractivity contribution in [2.24, 2.45) is 17.8 Å². The van der Waals surface area contributed by atoms with Gasteiger partial charge in [-0.25, -0.2) is 0 Å². The fourth-order valence-electron chi connectivity index (χ4n) is 2.70. The van der Waals surface area contributed by atoms with Crippen LogP contribution in [0.25, 0.3) is 0 Å². The lowest BCUT2D eigenvalue weighted by Crippen LogP contribution is -2.27. The molecule has 16 heavy (non-hydrogen) atoms. The first kappa shape index (κ1) is 11.1. The number of piperidine rings is 1. The molecule has 1 aliphatic carbocycles. The van der Waals surface area contributed by atoms with E-state index in [9.17, 15) is 4.79 Å². The lowest BCUT2D eigenvalue weighted by molar-refractivity contribution is -0.139. The van der Waals surface area contributed by atoms with Crippen molar-refractivity contribution in [3.8, 4) is 0 Å². The van der Waals surface area contributed by atoms with Gasteiger partial charge in [0.15, 0.2) is 0 Å². The SMILES string of the molecule is C=CC=C(C=C)CN1CC2C(C1)C2C(=O)O. The number of likely N-dealkylation sites (tertiary alicyclic amines) is 1. The number of carbonyl (C=O) groups is 1. The van der Waals surface area contributed by atoms with Crippen molar-refractivity contribution in [1.29, 1.82) is 0 Å². The molecule has 1 saturated carbocycles. The minimum atomic E-state index is -0.625. The largest absolute Gasteiger partial charge is 0.481 e. The standard InChI is InChI=1S/C13H17NO2/c1-3-5-9(4-2)6-14-7-10-11(8-14)12(10)13(15)16/h3-5,10-12H,1-2,6-8H2,(H,15,16). The quantitative estimate of drug-likeness (QED) is 0.713. The minimum absolute atomic E-state index is 0.0770. The zero-order valence-electron chi connectivity index (χ0n) is 9.30. The fourth-order valence-corrected chi connectivity index (χ4v) is 2.70. The topological polar surface area (TPSA) is 40.5 Å². The number of carboxylic acid groups (broad SMARTS) is 1. The molecule has 0 aromatic carbocycles. The molecule has 0 spiro atoms. The molecule has 0 bridgehead atoms. The number of rotatable bonds is 5. The van der Waals surface area contributed by atoms with Crippen LogP contribution in [0, 0.1) is 17.8 Å². The van der Waals surface area contributed by atoms with Gasteiger partial charge in [0.2, 0.25) is 0 Å². The Hall–Kier alpha value is -1.35. The average molecular weight is 219 g/mol. The fraction of sp³-hybridized carbons (Fsp3) is 0.462. The molecule has 86 valence electrons. The molecular weight excluding hydrogens is 202 g/mol. The highest BCUT2D eigenvalue weighted by Crippen LogP contribution is 2.51. The van der Waals surface area contributed by atoms with Crippen molar-refractivity contribution in [3.05, 3.63) is 37.0 Å². The third-order valence-electron chi connectivity index (χ3n) is 3.56. The van der Waals surface area contributed by atoms with E-state index < -0.39 is 5.97 Å². The summed E-state index contributed by atoms with van der Waals surface area (Å²) in [5.74, 6) is 0.0617. The Bertz CT molecular complexity index is 347. The van der Waals surface area contributed by atoms with E-state index in [0.717, 1.165) is 25.2 Å². The van der Waals surface area contributed by atoms with Crippen molar-refractivity contribution >= 4 is 5.97 Å². The van der Waals surface area contributed by atoms with Crippen molar-refractivity contribution in [2.45, 2.75) is 0 Å². The Morgan fingerprint density at radius 3 is 2.44 bits per heavy atom. The van der Waals surface area contributed by atoms with Crippen molar-refractivity contribution < 1.29 is 9.90 Å². The Labute approximate surface area is 95.8 Å². The summed E-state index contributed by atoms with van der Waals surface area (Å²) in [5, 5.41) is 8.90. The molecule has 3 nitrogen and oxygen atoms in total. The van der Waals surface area contributed by atoms with E-state index in [1.54, 1.807) is 6.08 Å². The molecule has 1 N–H and O–H groups in total. The molecule has 1 saturated heterocycles. The molecule has 1 heterocycles. The van der Waals surface area contributed by atoms with Crippen LogP contribution >= 0.6 is 0 Å². The zero-order chi connectivity index (χ0) is 11.7. The highest BCUT2D eigenvalue weighted by Gasteiger charge is 2.59. The minimum Gasteiger partial charge on any atom is -0.481 e. The third-order valence-corrected chi connectivity index (χ3v) is 3.56. The van der Waals surface area contributed by atoms with E-state index in [4.69, 9.17) is 5.11 Å². The Morgan fingerprint density at radius 1 is 1.38 bits per heavy atom. The number of hydrogen-bond donors (Lipinski definition) is 1. The van der Waals surface area contributed by atoms with E-state index in [0.29, 0.717) is 11.8 Å². The van der Waals surface area contributed by atoms with Gasteiger partial charge in [-0.3, -0.25) is 9.69 Å². The molecule has 2 aliphatic rings. The summed E-state index contributed by atoms with van der Waals surface area (Å²) in [5.41, 5.74) is 1.14. The normalized spacial score (nSPS) is 33.2. The molecule has 0 radical (unpaired) electrons. The summed E-state index contributed by atoms with van der Waals surface area (Å²) in [6, 6.07) is 0. The van der Waals surface area contributed by atoms with Gasteiger partial charge in [-0.2, -0.15) is 0 Å². The predicted octanol–water partition coefficient (Wildman–Crippen LogP) is 1.55. The van der Waals surface area contributed by atoms with E-state index >= 15 is 0 Å². The lowest BCUT2D eigenvalue weighted by atomic mass is 10.2. The van der Waals surface area contributed by atoms with Crippen molar-refractivity contribution in [3.63, 3.8) is 0 Å². The van der Waals surface area contributed by atoms with Crippen LogP contribution in [0.15, 0.2) is 37.0 Å². The summed E-state index contributed by atoms with van der Waals surface area (Å²) in [6.45, 7) is 10.1. The summed E-state index contributed by atoms with van der Waals surface area (Å²) in [7, 11) is 0. The number of fused-ring (bicyclic) bond motifs is 1. The van der Waals surface area contributed by atoms with Crippen LogP contribution in [0.5, 0.6) is 0 Å². The molecule has 0 amide bonds. The maximum Gasteiger partial charge on any atom is 0.307 e. The Morgan fingerprint density at radius 2 is 2.00 bits per heavy atom. The molecule has 0 aromatic rings. The number of allylic oxidation sites excluding steroid dienone is 2. The molecule has 2 atom stereocenters. The third kappa shape index (κ3) is 1.95. The number of hydrogen-bond acceptors (Lipinski definition) is 2. The van der Waals surface area contributed by atoms with Crippen LogP contribution in [0.2, 0.25) is 0 Å². The Balaban J connectivity index is 1.85. The van der Waals surface area contributed by atoms with E-state index in [-0.39, 0.29) is 5.92 Å². The predicted molar refractivity (Wildman–Crippen MR) is 63.0 cm³/mol. The summed E-state index contributed by atoms with van der Waals surface area (Å²) in [6.07, 6.45) is 5.54. The maximum absolute atomic E-state index is 10.8. The first-order valence-corrected chi connectivity index (χ1v) is 5.56. The zero-order valence-corrected chi connectivity index (χ0v) is 9.30. The van der Waals surface area contributed by atoms with Crippen LogP contribution in [0.3, 0.4) is 0 Å². The van der Waals surface area contributed by atoms with Crippen LogP contribution in [0.1, 0.15) is 0 Å². The smallest absolute Gasteiger partial charge is 0.307 e. The second-order valence-corrected chi connectivity index (χ2v) is 4.57. The second-order valence-electron chi connectivity index (χ2n) is 4.57. The van der Waals surface area contributed by atoms with Gasteiger partial charge in [-0.15, -0.1) is 0 Å². The van der Waals surface area contributed by atoms with Gasteiger partial charge in [-0.05, 0) is 17.4 Å². The van der Waals surface area contributed by atoms with Crippen LogP contribution in [0.4, 0.5) is 0 Å². The molecule has 1 aliphatic heterocycles. The lowest BCUT2D eigenvalue weighted by Gasteiger charge is -2.18. The van der Waals surface area contributed by atoms with Crippen molar-refractivity contribution in [2.75, 3.05) is 19.6 Å². The number of aliphatic carboxylic acids is 1. The molecule has 2 fully saturated rings.